The van der Waals surface area contributed by atoms with Crippen LogP contribution in [0.1, 0.15) is 0 Å². The van der Waals surface area contributed by atoms with Crippen LogP contribution < -0.4 is 10.6 Å². The molecule has 0 fully saturated rings. The van der Waals surface area contributed by atoms with Gasteiger partial charge in [0.05, 0.1) is 0 Å². The Morgan fingerprint density at radius 3 is 2.00 bits per heavy atom. The lowest BCUT2D eigenvalue weighted by molar-refractivity contribution is 1.30. The number of hydrogen-bond acceptors (Lipinski definition) is 2. The molecule has 0 radical (unpaired) electrons. The maximum atomic E-state index is 5.54. The van der Waals surface area contributed by atoms with Crippen molar-refractivity contribution < 1.29 is 0 Å². The summed E-state index contributed by atoms with van der Waals surface area (Å²) in [4.78, 5) is 1.82. The smallest absolute Gasteiger partial charge is 0.0450 e. The average molecular weight is 160 g/mol. The number of nitrogens with two attached hydrogens (primary N) is 1. The molecule has 0 amide bonds. The van der Waals surface area contributed by atoms with E-state index in [1.54, 1.807) is 12.4 Å². The van der Waals surface area contributed by atoms with Crippen molar-refractivity contribution in [3.63, 3.8) is 0 Å². The normalized spacial score (nSPS) is 9.00. The van der Waals surface area contributed by atoms with Crippen LogP contribution in [0.15, 0.2) is 49.8 Å². The zero-order valence-electron chi connectivity index (χ0n) is 6.90. The summed E-state index contributed by atoms with van der Waals surface area (Å²) in [6.07, 6.45) is 3.39. The Balaban J connectivity index is 2.94. The van der Waals surface area contributed by atoms with Crippen LogP contribution in [0, 0.1) is 0 Å². The first-order valence-electron chi connectivity index (χ1n) is 3.67. The second-order valence-electron chi connectivity index (χ2n) is 2.36. The van der Waals surface area contributed by atoms with E-state index < -0.39 is 0 Å². The lowest BCUT2D eigenvalue weighted by Crippen LogP contribution is -2.04. The van der Waals surface area contributed by atoms with Crippen LogP contribution in [0.25, 0.3) is 0 Å². The Labute approximate surface area is 72.6 Å². The van der Waals surface area contributed by atoms with E-state index in [4.69, 9.17) is 5.73 Å². The molecule has 2 N–H and O–H groups in total. The predicted octanol–water partition coefficient (Wildman–Crippen LogP) is 2.36. The zero-order valence-corrected chi connectivity index (χ0v) is 6.90. The molecule has 0 aromatic heterocycles. The molecule has 0 atom stereocenters. The van der Waals surface area contributed by atoms with E-state index in [9.17, 15) is 0 Å². The maximum Gasteiger partial charge on any atom is 0.0450 e. The summed E-state index contributed by atoms with van der Waals surface area (Å²) in [5.41, 5.74) is 7.30. The molecule has 1 rings (SSSR count). The Morgan fingerprint density at radius 2 is 1.58 bits per heavy atom. The summed E-state index contributed by atoms with van der Waals surface area (Å²) >= 11 is 0. The van der Waals surface area contributed by atoms with Crippen LogP contribution >= 0.6 is 0 Å². The molecule has 0 unspecified atom stereocenters. The van der Waals surface area contributed by atoms with Crippen molar-refractivity contribution in [3.8, 4) is 0 Å². The zero-order chi connectivity index (χ0) is 8.97. The number of rotatable bonds is 3. The standard InChI is InChI=1S/C10H12N2/c1-3-12(4-2)10-7-5-9(11)6-8-10/h3-8H,1-2,11H2. The van der Waals surface area contributed by atoms with Crippen LogP contribution in [-0.2, 0) is 0 Å². The number of nitrogen functional groups attached to an aromatic ring is 1. The second-order valence-corrected chi connectivity index (χ2v) is 2.36. The highest BCUT2D eigenvalue weighted by Gasteiger charge is 1.95. The summed E-state index contributed by atoms with van der Waals surface area (Å²) < 4.78 is 0. The van der Waals surface area contributed by atoms with Gasteiger partial charge in [-0.25, -0.2) is 0 Å². The fourth-order valence-corrected chi connectivity index (χ4v) is 0.932. The first-order valence-corrected chi connectivity index (χ1v) is 3.67. The molecule has 2 nitrogen and oxygen atoms in total. The second kappa shape index (κ2) is 3.62. The van der Waals surface area contributed by atoms with E-state index in [1.165, 1.54) is 0 Å². The molecule has 0 spiro atoms. The van der Waals surface area contributed by atoms with Crippen LogP contribution in [0.3, 0.4) is 0 Å². The summed E-state index contributed by atoms with van der Waals surface area (Å²) in [5.74, 6) is 0. The predicted molar refractivity (Wildman–Crippen MR) is 53.7 cm³/mol. The third-order valence-corrected chi connectivity index (χ3v) is 1.58. The maximum absolute atomic E-state index is 5.54. The van der Waals surface area contributed by atoms with Crippen molar-refractivity contribution in [2.75, 3.05) is 10.6 Å². The lowest BCUT2D eigenvalue weighted by atomic mass is 10.3. The third-order valence-electron chi connectivity index (χ3n) is 1.58. The van der Waals surface area contributed by atoms with Gasteiger partial charge in [-0.05, 0) is 24.3 Å². The highest BCUT2D eigenvalue weighted by atomic mass is 15.1. The minimum Gasteiger partial charge on any atom is -0.399 e. The van der Waals surface area contributed by atoms with Gasteiger partial charge in [0, 0.05) is 23.8 Å². The topological polar surface area (TPSA) is 29.3 Å². The molecule has 0 heterocycles. The van der Waals surface area contributed by atoms with Crippen molar-refractivity contribution in [1.82, 2.24) is 0 Å². The molecule has 0 aliphatic carbocycles. The number of benzene rings is 1. The Bertz CT molecular complexity index is 266. The van der Waals surface area contributed by atoms with Crippen molar-refractivity contribution in [2.45, 2.75) is 0 Å². The van der Waals surface area contributed by atoms with E-state index in [0.717, 1.165) is 11.4 Å². The molecule has 1 aromatic rings. The molecule has 2 heteroatoms. The minimum absolute atomic E-state index is 0.756. The Morgan fingerprint density at radius 1 is 1.08 bits per heavy atom. The highest BCUT2D eigenvalue weighted by molar-refractivity contribution is 5.56. The minimum atomic E-state index is 0.756. The van der Waals surface area contributed by atoms with Crippen molar-refractivity contribution >= 4 is 11.4 Å². The van der Waals surface area contributed by atoms with Crippen molar-refractivity contribution in [1.29, 1.82) is 0 Å². The Kier molecular flexibility index (Phi) is 2.53. The largest absolute Gasteiger partial charge is 0.399 e. The SMILES string of the molecule is C=CN(C=C)c1ccc(N)cc1. The van der Waals surface area contributed by atoms with Gasteiger partial charge in [-0.3, -0.25) is 0 Å². The van der Waals surface area contributed by atoms with Crippen molar-refractivity contribution in [3.05, 3.63) is 49.8 Å². The summed E-state index contributed by atoms with van der Waals surface area (Å²) in [6.45, 7) is 7.31. The number of anilines is 2. The van der Waals surface area contributed by atoms with E-state index in [2.05, 4.69) is 13.2 Å². The van der Waals surface area contributed by atoms with Crippen LogP contribution in [-0.4, -0.2) is 0 Å². The van der Waals surface area contributed by atoms with Crippen LogP contribution in [0.4, 0.5) is 11.4 Å². The molecular weight excluding hydrogens is 148 g/mol. The third kappa shape index (κ3) is 1.66. The molecule has 62 valence electrons. The number of hydrogen-bond donors (Lipinski definition) is 1. The van der Waals surface area contributed by atoms with Gasteiger partial charge >= 0.3 is 0 Å². The van der Waals surface area contributed by atoms with Gasteiger partial charge in [-0.1, -0.05) is 13.2 Å². The molecular formula is C10H12N2. The van der Waals surface area contributed by atoms with Crippen LogP contribution in [0.2, 0.25) is 0 Å². The highest BCUT2D eigenvalue weighted by Crippen LogP contribution is 2.16. The van der Waals surface area contributed by atoms with E-state index >= 15 is 0 Å². The van der Waals surface area contributed by atoms with Gasteiger partial charge in [0.2, 0.25) is 0 Å². The first-order chi connectivity index (χ1) is 5.77. The molecule has 0 aliphatic heterocycles. The number of nitrogens with zero attached hydrogens (tertiary/aromatic N) is 1. The van der Waals surface area contributed by atoms with E-state index in [0.29, 0.717) is 0 Å². The average Bonchev–Trinajstić information content (AvgIpc) is 2.10. The van der Waals surface area contributed by atoms with Gasteiger partial charge in [-0.2, -0.15) is 0 Å². The van der Waals surface area contributed by atoms with Gasteiger partial charge in [-0.15, -0.1) is 0 Å². The van der Waals surface area contributed by atoms with E-state index in [-0.39, 0.29) is 0 Å². The van der Waals surface area contributed by atoms with Gasteiger partial charge in [0.15, 0.2) is 0 Å². The molecule has 0 aliphatic rings. The van der Waals surface area contributed by atoms with Crippen LogP contribution in [0.5, 0.6) is 0 Å². The van der Waals surface area contributed by atoms with Crippen molar-refractivity contribution in [2.24, 2.45) is 0 Å². The molecule has 0 bridgehead atoms. The van der Waals surface area contributed by atoms with Gasteiger partial charge in [0.25, 0.3) is 0 Å². The lowest BCUT2D eigenvalue weighted by Gasteiger charge is -2.13. The Hall–Kier alpha value is -1.70. The molecule has 0 saturated carbocycles. The molecule has 0 saturated heterocycles. The molecule has 1 aromatic carbocycles. The summed E-state index contributed by atoms with van der Waals surface area (Å²) in [7, 11) is 0. The molecule has 12 heavy (non-hydrogen) atoms. The monoisotopic (exact) mass is 160 g/mol. The van der Waals surface area contributed by atoms with Gasteiger partial charge in [0.1, 0.15) is 0 Å². The van der Waals surface area contributed by atoms with Gasteiger partial charge < -0.3 is 10.6 Å². The first kappa shape index (κ1) is 8.40. The quantitative estimate of drug-likeness (QED) is 0.688. The fourth-order valence-electron chi connectivity index (χ4n) is 0.932. The van der Waals surface area contributed by atoms with E-state index in [1.807, 2.05) is 29.2 Å². The fraction of sp³-hybridized carbons (Fsp3) is 0. The summed E-state index contributed by atoms with van der Waals surface area (Å²) in [6, 6.07) is 7.52. The summed E-state index contributed by atoms with van der Waals surface area (Å²) in [5, 5.41) is 0.